The monoisotopic (exact) mass is 351 g/mol. The third-order valence-electron chi connectivity index (χ3n) is 2.52. The summed E-state index contributed by atoms with van der Waals surface area (Å²) in [6.45, 7) is 4.47. The van der Waals surface area contributed by atoms with Gasteiger partial charge in [-0.1, -0.05) is 28.1 Å². The van der Waals surface area contributed by atoms with Gasteiger partial charge in [0.05, 0.1) is 6.10 Å². The van der Waals surface area contributed by atoms with Gasteiger partial charge in [-0.05, 0) is 31.5 Å². The normalized spacial score (nSPS) is 10.5. The van der Waals surface area contributed by atoms with Gasteiger partial charge in [-0.2, -0.15) is 15.0 Å². The predicted molar refractivity (Wildman–Crippen MR) is 86.6 cm³/mol. The van der Waals surface area contributed by atoms with Crippen molar-refractivity contribution in [2.24, 2.45) is 0 Å². The maximum Gasteiger partial charge on any atom is 0.323 e. The van der Waals surface area contributed by atoms with Crippen molar-refractivity contribution in [3.8, 4) is 6.01 Å². The third-order valence-corrected chi connectivity index (χ3v) is 3.01. The van der Waals surface area contributed by atoms with Crippen molar-refractivity contribution >= 4 is 27.8 Å². The molecule has 1 aromatic carbocycles. The topological polar surface area (TPSA) is 72.0 Å². The van der Waals surface area contributed by atoms with Gasteiger partial charge in [-0.25, -0.2) is 0 Å². The second kappa shape index (κ2) is 7.21. The highest BCUT2D eigenvalue weighted by atomic mass is 79.9. The van der Waals surface area contributed by atoms with Crippen LogP contribution >= 0.6 is 15.9 Å². The largest absolute Gasteiger partial charge is 0.461 e. The molecule has 0 aliphatic rings. The van der Waals surface area contributed by atoms with Crippen LogP contribution in [0.3, 0.4) is 0 Å². The Morgan fingerprint density at radius 2 is 1.95 bits per heavy atom. The summed E-state index contributed by atoms with van der Waals surface area (Å²) >= 11 is 3.45. The number of anilines is 2. The smallest absolute Gasteiger partial charge is 0.323 e. The van der Waals surface area contributed by atoms with E-state index in [1.807, 2.05) is 38.1 Å². The molecule has 0 aliphatic heterocycles. The Kier molecular flexibility index (Phi) is 5.32. The number of ether oxygens (including phenoxy) is 1. The summed E-state index contributed by atoms with van der Waals surface area (Å²) in [6.07, 6.45) is 0.00929. The van der Waals surface area contributed by atoms with Crippen LogP contribution in [0.1, 0.15) is 19.4 Å². The lowest BCUT2D eigenvalue weighted by Gasteiger charge is -2.11. The van der Waals surface area contributed by atoms with Crippen LogP contribution in [-0.4, -0.2) is 28.1 Å². The van der Waals surface area contributed by atoms with Crippen molar-refractivity contribution in [2.75, 3.05) is 17.7 Å². The van der Waals surface area contributed by atoms with Gasteiger partial charge in [0.2, 0.25) is 11.9 Å². The van der Waals surface area contributed by atoms with Crippen LogP contribution in [0.2, 0.25) is 0 Å². The number of nitrogens with zero attached hydrogens (tertiary/aromatic N) is 3. The van der Waals surface area contributed by atoms with E-state index in [1.54, 1.807) is 7.05 Å². The standard InChI is InChI=1S/C14H18BrN5O/c1-9(2)21-14-19-12(16-3)18-13(20-14)17-8-10-5-4-6-11(15)7-10/h4-7,9H,8H2,1-3H3,(H2,16,17,18,19,20). The number of halogens is 1. The highest BCUT2D eigenvalue weighted by Crippen LogP contribution is 2.15. The molecular weight excluding hydrogens is 334 g/mol. The Morgan fingerprint density at radius 3 is 2.62 bits per heavy atom. The Morgan fingerprint density at radius 1 is 1.19 bits per heavy atom. The molecule has 1 heterocycles. The molecule has 2 rings (SSSR count). The molecule has 0 spiro atoms. The van der Waals surface area contributed by atoms with E-state index in [-0.39, 0.29) is 6.10 Å². The van der Waals surface area contributed by atoms with Crippen molar-refractivity contribution in [3.63, 3.8) is 0 Å². The van der Waals surface area contributed by atoms with Crippen molar-refractivity contribution in [3.05, 3.63) is 34.3 Å². The minimum atomic E-state index is 0.00929. The number of nitrogens with one attached hydrogen (secondary N) is 2. The molecule has 0 unspecified atom stereocenters. The average molecular weight is 352 g/mol. The van der Waals surface area contributed by atoms with Gasteiger partial charge in [-0.15, -0.1) is 0 Å². The summed E-state index contributed by atoms with van der Waals surface area (Å²) in [5.41, 5.74) is 1.13. The third kappa shape index (κ3) is 4.86. The van der Waals surface area contributed by atoms with Crippen LogP contribution in [0, 0.1) is 0 Å². The number of hydrogen-bond acceptors (Lipinski definition) is 6. The summed E-state index contributed by atoms with van der Waals surface area (Å²) < 4.78 is 6.56. The van der Waals surface area contributed by atoms with Gasteiger partial charge in [0.15, 0.2) is 0 Å². The van der Waals surface area contributed by atoms with E-state index < -0.39 is 0 Å². The maximum absolute atomic E-state index is 5.52. The molecular formula is C14H18BrN5O. The molecule has 0 fully saturated rings. The van der Waals surface area contributed by atoms with E-state index in [9.17, 15) is 0 Å². The summed E-state index contributed by atoms with van der Waals surface area (Å²) in [4.78, 5) is 12.7. The zero-order chi connectivity index (χ0) is 15.2. The molecule has 0 atom stereocenters. The Labute approximate surface area is 132 Å². The Balaban J connectivity index is 2.11. The fourth-order valence-corrected chi connectivity index (χ4v) is 2.09. The summed E-state index contributed by atoms with van der Waals surface area (Å²) in [7, 11) is 1.76. The molecule has 2 N–H and O–H groups in total. The molecule has 7 heteroatoms. The van der Waals surface area contributed by atoms with Crippen molar-refractivity contribution in [1.29, 1.82) is 0 Å². The molecule has 1 aromatic heterocycles. The fraction of sp³-hybridized carbons (Fsp3) is 0.357. The molecule has 112 valence electrons. The van der Waals surface area contributed by atoms with E-state index in [2.05, 4.69) is 41.5 Å². The lowest BCUT2D eigenvalue weighted by atomic mass is 10.2. The van der Waals surface area contributed by atoms with E-state index in [0.717, 1.165) is 10.0 Å². The number of hydrogen-bond donors (Lipinski definition) is 2. The van der Waals surface area contributed by atoms with E-state index in [4.69, 9.17) is 4.74 Å². The first-order valence-electron chi connectivity index (χ1n) is 6.65. The Hall–Kier alpha value is -1.89. The zero-order valence-electron chi connectivity index (χ0n) is 12.2. The van der Waals surface area contributed by atoms with Crippen LogP contribution in [-0.2, 0) is 6.54 Å². The zero-order valence-corrected chi connectivity index (χ0v) is 13.8. The highest BCUT2D eigenvalue weighted by Gasteiger charge is 2.08. The van der Waals surface area contributed by atoms with Gasteiger partial charge in [0, 0.05) is 18.1 Å². The first-order valence-corrected chi connectivity index (χ1v) is 7.45. The van der Waals surface area contributed by atoms with Crippen LogP contribution in [0.5, 0.6) is 6.01 Å². The van der Waals surface area contributed by atoms with Crippen molar-refractivity contribution in [1.82, 2.24) is 15.0 Å². The molecule has 6 nitrogen and oxygen atoms in total. The lowest BCUT2D eigenvalue weighted by Crippen LogP contribution is -2.13. The SMILES string of the molecule is CNc1nc(NCc2cccc(Br)c2)nc(OC(C)C)n1. The van der Waals surface area contributed by atoms with Crippen LogP contribution < -0.4 is 15.4 Å². The second-order valence-corrected chi connectivity index (χ2v) is 5.58. The first-order chi connectivity index (χ1) is 10.1. The summed E-state index contributed by atoms with van der Waals surface area (Å²) in [5, 5.41) is 6.07. The predicted octanol–water partition coefficient (Wildman–Crippen LogP) is 3.08. The van der Waals surface area contributed by atoms with Crippen molar-refractivity contribution < 1.29 is 4.74 Å². The van der Waals surface area contributed by atoms with E-state index in [0.29, 0.717) is 24.5 Å². The number of rotatable bonds is 6. The average Bonchev–Trinajstić information content (AvgIpc) is 2.44. The molecule has 0 saturated carbocycles. The number of benzene rings is 1. The van der Waals surface area contributed by atoms with Gasteiger partial charge in [-0.3, -0.25) is 0 Å². The van der Waals surface area contributed by atoms with Crippen LogP contribution in [0.15, 0.2) is 28.7 Å². The van der Waals surface area contributed by atoms with Gasteiger partial charge < -0.3 is 15.4 Å². The van der Waals surface area contributed by atoms with Gasteiger partial charge in [0.25, 0.3) is 0 Å². The minimum Gasteiger partial charge on any atom is -0.461 e. The van der Waals surface area contributed by atoms with Crippen molar-refractivity contribution in [2.45, 2.75) is 26.5 Å². The molecule has 0 amide bonds. The first kappa shape index (κ1) is 15.5. The fourth-order valence-electron chi connectivity index (χ4n) is 1.64. The maximum atomic E-state index is 5.52. The molecule has 0 saturated heterocycles. The van der Waals surface area contributed by atoms with Gasteiger partial charge in [0.1, 0.15) is 0 Å². The van der Waals surface area contributed by atoms with E-state index in [1.165, 1.54) is 0 Å². The molecule has 0 aliphatic carbocycles. The molecule has 2 aromatic rings. The lowest BCUT2D eigenvalue weighted by molar-refractivity contribution is 0.222. The van der Waals surface area contributed by atoms with Gasteiger partial charge >= 0.3 is 6.01 Å². The summed E-state index contributed by atoms with van der Waals surface area (Å²) in [5.74, 6) is 0.947. The molecule has 0 radical (unpaired) electrons. The minimum absolute atomic E-state index is 0.00929. The molecule has 0 bridgehead atoms. The number of aromatic nitrogens is 3. The highest BCUT2D eigenvalue weighted by molar-refractivity contribution is 9.10. The van der Waals surface area contributed by atoms with Crippen LogP contribution in [0.25, 0.3) is 0 Å². The van der Waals surface area contributed by atoms with Crippen LogP contribution in [0.4, 0.5) is 11.9 Å². The van der Waals surface area contributed by atoms with E-state index >= 15 is 0 Å². The quantitative estimate of drug-likeness (QED) is 0.833. The Bertz CT molecular complexity index is 606. The second-order valence-electron chi connectivity index (χ2n) is 4.67. The summed E-state index contributed by atoms with van der Waals surface area (Å²) in [6, 6.07) is 8.35. The molecule has 21 heavy (non-hydrogen) atoms.